The molecule has 1 rings (SSSR count). The van der Waals surface area contributed by atoms with Crippen LogP contribution in [-0.4, -0.2) is 32.0 Å². The van der Waals surface area contributed by atoms with Crippen molar-refractivity contribution in [3.05, 3.63) is 0 Å². The van der Waals surface area contributed by atoms with Crippen molar-refractivity contribution in [1.29, 1.82) is 0 Å². The molecule has 1 aliphatic rings. The van der Waals surface area contributed by atoms with Gasteiger partial charge in [-0.3, -0.25) is 0 Å². The Hall–Kier alpha value is -0.0900. The minimum Gasteiger partial charge on any atom is -0.313 e. The van der Waals surface area contributed by atoms with Crippen molar-refractivity contribution in [2.75, 3.05) is 12.3 Å². The van der Waals surface area contributed by atoms with Crippen LogP contribution < -0.4 is 5.32 Å². The Bertz CT molecular complexity index is 305. The van der Waals surface area contributed by atoms with Crippen molar-refractivity contribution in [2.24, 2.45) is 5.92 Å². The lowest BCUT2D eigenvalue weighted by Gasteiger charge is -2.23. The predicted octanol–water partition coefficient (Wildman–Crippen LogP) is 2.37. The fourth-order valence-electron chi connectivity index (χ4n) is 2.31. The van der Waals surface area contributed by atoms with Gasteiger partial charge in [0, 0.05) is 12.6 Å². The van der Waals surface area contributed by atoms with E-state index in [1.807, 2.05) is 20.8 Å². The van der Waals surface area contributed by atoms with Crippen LogP contribution in [0.2, 0.25) is 0 Å². The quantitative estimate of drug-likeness (QED) is 0.798. The molecule has 17 heavy (non-hydrogen) atoms. The van der Waals surface area contributed by atoms with Gasteiger partial charge in [-0.25, -0.2) is 8.42 Å². The van der Waals surface area contributed by atoms with E-state index in [9.17, 15) is 8.42 Å². The van der Waals surface area contributed by atoms with Crippen LogP contribution in [0.15, 0.2) is 0 Å². The minimum absolute atomic E-state index is 0.203. The van der Waals surface area contributed by atoms with Crippen LogP contribution in [0.4, 0.5) is 0 Å². The van der Waals surface area contributed by atoms with Crippen molar-refractivity contribution in [3.8, 4) is 0 Å². The summed E-state index contributed by atoms with van der Waals surface area (Å²) >= 11 is 0. The van der Waals surface area contributed by atoms with Crippen molar-refractivity contribution in [1.82, 2.24) is 5.32 Å². The molecule has 0 aromatic carbocycles. The molecule has 1 N–H and O–H groups in total. The van der Waals surface area contributed by atoms with Gasteiger partial charge in [-0.1, -0.05) is 33.1 Å². The second-order valence-corrected chi connectivity index (χ2v) is 8.08. The Labute approximate surface area is 106 Å². The molecule has 0 spiro atoms. The smallest absolute Gasteiger partial charge is 0.154 e. The molecule has 0 radical (unpaired) electrons. The molecular formula is C13H27NO2S. The molecule has 3 nitrogen and oxygen atoms in total. The van der Waals surface area contributed by atoms with E-state index in [1.54, 1.807) is 0 Å². The highest BCUT2D eigenvalue weighted by Crippen LogP contribution is 2.17. The summed E-state index contributed by atoms with van der Waals surface area (Å²) < 4.78 is 23.9. The fraction of sp³-hybridized carbons (Fsp3) is 1.00. The fourth-order valence-corrected chi connectivity index (χ4v) is 3.92. The third kappa shape index (κ3) is 4.96. The Morgan fingerprint density at radius 2 is 1.71 bits per heavy atom. The number of hydrogen-bond acceptors (Lipinski definition) is 3. The summed E-state index contributed by atoms with van der Waals surface area (Å²) in [6.45, 7) is 6.37. The standard InChI is InChI=1S/C13H27NO2S/c1-11(2)12(3)17(15,16)10-9-14-13-7-5-4-6-8-13/h11-14H,4-10H2,1-3H3. The molecule has 0 aromatic heterocycles. The molecule has 1 saturated carbocycles. The summed E-state index contributed by atoms with van der Waals surface area (Å²) in [5.41, 5.74) is 0. The first-order valence-electron chi connectivity index (χ1n) is 6.88. The molecule has 0 amide bonds. The Kier molecular flexibility index (Phi) is 5.93. The molecule has 1 aliphatic carbocycles. The van der Waals surface area contributed by atoms with Crippen LogP contribution >= 0.6 is 0 Å². The lowest BCUT2D eigenvalue weighted by molar-refractivity contribution is 0.380. The number of sulfone groups is 1. The van der Waals surface area contributed by atoms with E-state index in [0.29, 0.717) is 12.6 Å². The zero-order chi connectivity index (χ0) is 12.9. The molecule has 1 unspecified atom stereocenters. The van der Waals surface area contributed by atoms with E-state index in [1.165, 1.54) is 32.1 Å². The Morgan fingerprint density at radius 3 is 2.24 bits per heavy atom. The van der Waals surface area contributed by atoms with E-state index >= 15 is 0 Å². The van der Waals surface area contributed by atoms with Gasteiger partial charge >= 0.3 is 0 Å². The Balaban J connectivity index is 2.29. The largest absolute Gasteiger partial charge is 0.313 e. The van der Waals surface area contributed by atoms with Gasteiger partial charge in [-0.15, -0.1) is 0 Å². The van der Waals surface area contributed by atoms with E-state index in [2.05, 4.69) is 5.32 Å². The molecule has 1 fully saturated rings. The zero-order valence-electron chi connectivity index (χ0n) is 11.4. The summed E-state index contributed by atoms with van der Waals surface area (Å²) in [4.78, 5) is 0. The normalized spacial score (nSPS) is 20.7. The van der Waals surface area contributed by atoms with Gasteiger partial charge in [0.25, 0.3) is 0 Å². The SMILES string of the molecule is CC(C)C(C)S(=O)(=O)CCNC1CCCCC1. The topological polar surface area (TPSA) is 46.2 Å². The maximum Gasteiger partial charge on any atom is 0.154 e. The van der Waals surface area contributed by atoms with Gasteiger partial charge in [0.15, 0.2) is 9.84 Å². The van der Waals surface area contributed by atoms with Crippen LogP contribution in [0.25, 0.3) is 0 Å². The Morgan fingerprint density at radius 1 is 1.12 bits per heavy atom. The third-order valence-corrected chi connectivity index (χ3v) is 6.38. The zero-order valence-corrected chi connectivity index (χ0v) is 12.2. The molecule has 1 atom stereocenters. The van der Waals surface area contributed by atoms with Gasteiger partial charge in [0.2, 0.25) is 0 Å². The summed E-state index contributed by atoms with van der Waals surface area (Å²) in [6, 6.07) is 0.549. The third-order valence-electron chi connectivity index (χ3n) is 3.93. The number of nitrogens with one attached hydrogen (secondary N) is 1. The van der Waals surface area contributed by atoms with Gasteiger partial charge < -0.3 is 5.32 Å². The lowest BCUT2D eigenvalue weighted by Crippen LogP contribution is -2.37. The van der Waals surface area contributed by atoms with Gasteiger partial charge in [0.1, 0.15) is 0 Å². The lowest BCUT2D eigenvalue weighted by atomic mass is 9.96. The first kappa shape index (κ1) is 15.0. The molecular weight excluding hydrogens is 234 g/mol. The maximum atomic E-state index is 12.0. The maximum absolute atomic E-state index is 12.0. The predicted molar refractivity (Wildman–Crippen MR) is 73.0 cm³/mol. The highest BCUT2D eigenvalue weighted by Gasteiger charge is 2.23. The first-order chi connectivity index (χ1) is 7.93. The monoisotopic (exact) mass is 261 g/mol. The summed E-state index contributed by atoms with van der Waals surface area (Å²) in [6.07, 6.45) is 6.32. The van der Waals surface area contributed by atoms with E-state index < -0.39 is 9.84 Å². The molecule has 0 heterocycles. The summed E-state index contributed by atoms with van der Waals surface area (Å²) in [7, 11) is -2.92. The van der Waals surface area contributed by atoms with Crippen LogP contribution in [-0.2, 0) is 9.84 Å². The van der Waals surface area contributed by atoms with Crippen molar-refractivity contribution < 1.29 is 8.42 Å². The van der Waals surface area contributed by atoms with E-state index in [4.69, 9.17) is 0 Å². The van der Waals surface area contributed by atoms with Crippen molar-refractivity contribution in [2.45, 2.75) is 64.2 Å². The highest BCUT2D eigenvalue weighted by molar-refractivity contribution is 7.92. The molecule has 0 saturated heterocycles. The summed E-state index contributed by atoms with van der Waals surface area (Å²) in [5.74, 6) is 0.484. The van der Waals surface area contributed by atoms with Gasteiger partial charge in [0.05, 0.1) is 11.0 Å². The van der Waals surface area contributed by atoms with Crippen LogP contribution in [0.3, 0.4) is 0 Å². The summed E-state index contributed by atoms with van der Waals surface area (Å²) in [5, 5.41) is 3.17. The van der Waals surface area contributed by atoms with Gasteiger partial charge in [-0.2, -0.15) is 0 Å². The van der Waals surface area contributed by atoms with Crippen LogP contribution in [0.1, 0.15) is 52.9 Å². The van der Waals surface area contributed by atoms with Crippen LogP contribution in [0.5, 0.6) is 0 Å². The molecule has 102 valence electrons. The number of rotatable bonds is 6. The molecule has 0 bridgehead atoms. The van der Waals surface area contributed by atoms with Crippen LogP contribution in [0, 0.1) is 5.92 Å². The van der Waals surface area contributed by atoms with E-state index in [-0.39, 0.29) is 16.9 Å². The average molecular weight is 261 g/mol. The number of hydrogen-bond donors (Lipinski definition) is 1. The first-order valence-corrected chi connectivity index (χ1v) is 8.60. The van der Waals surface area contributed by atoms with E-state index in [0.717, 1.165) is 0 Å². The highest BCUT2D eigenvalue weighted by atomic mass is 32.2. The second-order valence-electron chi connectivity index (χ2n) is 5.61. The van der Waals surface area contributed by atoms with Gasteiger partial charge in [-0.05, 0) is 25.7 Å². The molecule has 4 heteroatoms. The minimum atomic E-state index is -2.92. The van der Waals surface area contributed by atoms with Crippen molar-refractivity contribution in [3.63, 3.8) is 0 Å². The molecule has 0 aromatic rings. The average Bonchev–Trinajstić information content (AvgIpc) is 2.29. The second kappa shape index (κ2) is 6.74. The molecule has 0 aliphatic heterocycles. The van der Waals surface area contributed by atoms with Crippen molar-refractivity contribution >= 4 is 9.84 Å².